The molecule has 4 rings (SSSR count). The van der Waals surface area contributed by atoms with Gasteiger partial charge < -0.3 is 15.1 Å². The highest BCUT2D eigenvalue weighted by molar-refractivity contribution is 7.89. The maximum Gasteiger partial charge on any atom is 0.213 e. The van der Waals surface area contributed by atoms with Crippen LogP contribution in [-0.4, -0.2) is 54.6 Å². The van der Waals surface area contributed by atoms with Crippen LogP contribution in [0.2, 0.25) is 0 Å². The van der Waals surface area contributed by atoms with Gasteiger partial charge in [-0.05, 0) is 19.1 Å². The zero-order valence-electron chi connectivity index (χ0n) is 15.0. The molecule has 0 spiro atoms. The van der Waals surface area contributed by atoms with Gasteiger partial charge in [0.05, 0.1) is 11.9 Å². The summed E-state index contributed by atoms with van der Waals surface area (Å²) in [5, 5.41) is 0.970. The predicted octanol–water partition coefficient (Wildman–Crippen LogP) is 1.94. The van der Waals surface area contributed by atoms with E-state index in [1.165, 1.54) is 4.31 Å². The van der Waals surface area contributed by atoms with Crippen LogP contribution in [0.4, 0.5) is 11.6 Å². The summed E-state index contributed by atoms with van der Waals surface area (Å²) in [5.74, 6) is 1.64. The van der Waals surface area contributed by atoms with Gasteiger partial charge >= 0.3 is 0 Å². The summed E-state index contributed by atoms with van der Waals surface area (Å²) < 4.78 is 31.4. The van der Waals surface area contributed by atoms with Crippen molar-refractivity contribution < 1.29 is 12.8 Å². The summed E-state index contributed by atoms with van der Waals surface area (Å²) in [6.07, 6.45) is 1.62. The van der Waals surface area contributed by atoms with Crippen molar-refractivity contribution in [2.24, 2.45) is 0 Å². The minimum atomic E-state index is -3.16. The van der Waals surface area contributed by atoms with Crippen molar-refractivity contribution in [3.05, 3.63) is 36.5 Å². The van der Waals surface area contributed by atoms with Gasteiger partial charge in [0.1, 0.15) is 11.4 Å². The molecule has 2 N–H and O–H groups in total. The fourth-order valence-electron chi connectivity index (χ4n) is 3.20. The van der Waals surface area contributed by atoms with Crippen LogP contribution in [0.1, 0.15) is 6.92 Å². The van der Waals surface area contributed by atoms with E-state index in [9.17, 15) is 8.42 Å². The first-order valence-corrected chi connectivity index (χ1v) is 10.4. The lowest BCUT2D eigenvalue weighted by Crippen LogP contribution is -2.49. The number of aromatic nitrogens is 2. The van der Waals surface area contributed by atoms with Crippen LogP contribution in [0, 0.1) is 0 Å². The first-order valence-electron chi connectivity index (χ1n) is 8.82. The van der Waals surface area contributed by atoms with E-state index in [1.54, 1.807) is 13.1 Å². The van der Waals surface area contributed by atoms with Crippen molar-refractivity contribution in [3.63, 3.8) is 0 Å². The van der Waals surface area contributed by atoms with Crippen molar-refractivity contribution in [2.75, 3.05) is 42.6 Å². The molecule has 3 heterocycles. The number of sulfonamides is 1. The lowest BCUT2D eigenvalue weighted by molar-refractivity contribution is 0.384. The van der Waals surface area contributed by atoms with Gasteiger partial charge in [-0.3, -0.25) is 0 Å². The quantitative estimate of drug-likeness (QED) is 0.729. The minimum absolute atomic E-state index is 0.116. The largest absolute Gasteiger partial charge is 0.454 e. The van der Waals surface area contributed by atoms with Gasteiger partial charge in [-0.1, -0.05) is 18.2 Å². The molecule has 1 aliphatic heterocycles. The fraction of sp³-hybridized carbons (Fsp3) is 0.333. The van der Waals surface area contributed by atoms with Crippen molar-refractivity contribution in [2.45, 2.75) is 6.92 Å². The number of rotatable bonds is 4. The van der Waals surface area contributed by atoms with Gasteiger partial charge in [0, 0.05) is 31.6 Å². The number of para-hydroxylation sites is 1. The molecule has 27 heavy (non-hydrogen) atoms. The molecule has 0 aliphatic carbocycles. The van der Waals surface area contributed by atoms with Gasteiger partial charge in [0.2, 0.25) is 10.0 Å². The van der Waals surface area contributed by atoms with Crippen LogP contribution in [0.15, 0.2) is 40.9 Å². The van der Waals surface area contributed by atoms with E-state index in [1.807, 2.05) is 35.2 Å². The summed E-state index contributed by atoms with van der Waals surface area (Å²) in [6.45, 7) is 3.63. The van der Waals surface area contributed by atoms with Gasteiger partial charge in [0.15, 0.2) is 17.3 Å². The number of hydrogen-bond acceptors (Lipinski definition) is 7. The number of piperazine rings is 1. The van der Waals surface area contributed by atoms with E-state index in [0.29, 0.717) is 49.3 Å². The Hall–Kier alpha value is -2.65. The molecule has 1 aliphatic rings. The highest BCUT2D eigenvalue weighted by Gasteiger charge is 2.26. The monoisotopic (exact) mass is 387 g/mol. The van der Waals surface area contributed by atoms with Crippen LogP contribution < -0.4 is 10.6 Å². The van der Waals surface area contributed by atoms with Gasteiger partial charge in [-0.25, -0.2) is 18.4 Å². The van der Waals surface area contributed by atoms with Crippen LogP contribution in [0.5, 0.6) is 0 Å². The third-order valence-corrected chi connectivity index (χ3v) is 6.65. The molecule has 0 bridgehead atoms. The molecule has 142 valence electrons. The van der Waals surface area contributed by atoms with E-state index in [2.05, 4.69) is 9.97 Å². The number of nitrogen functional groups attached to an aromatic ring is 1. The summed E-state index contributed by atoms with van der Waals surface area (Å²) in [6, 6.07) is 9.59. The lowest BCUT2D eigenvalue weighted by Gasteiger charge is -2.34. The highest BCUT2D eigenvalue weighted by atomic mass is 32.2. The average molecular weight is 387 g/mol. The highest BCUT2D eigenvalue weighted by Crippen LogP contribution is 2.30. The van der Waals surface area contributed by atoms with E-state index in [0.717, 1.165) is 11.0 Å². The van der Waals surface area contributed by atoms with E-state index >= 15 is 0 Å². The van der Waals surface area contributed by atoms with E-state index < -0.39 is 10.0 Å². The van der Waals surface area contributed by atoms with Crippen LogP contribution in [-0.2, 0) is 10.0 Å². The molecule has 1 aromatic carbocycles. The molecular formula is C18H21N5O3S. The Bertz CT molecular complexity index is 1040. The summed E-state index contributed by atoms with van der Waals surface area (Å²) in [4.78, 5) is 10.9. The molecule has 0 atom stereocenters. The molecule has 0 radical (unpaired) electrons. The number of fused-ring (bicyclic) bond motifs is 1. The average Bonchev–Trinajstić information content (AvgIpc) is 3.12. The lowest BCUT2D eigenvalue weighted by atomic mass is 10.2. The molecule has 2 aromatic heterocycles. The van der Waals surface area contributed by atoms with Crippen LogP contribution in [0.25, 0.3) is 22.4 Å². The van der Waals surface area contributed by atoms with Crippen LogP contribution >= 0.6 is 0 Å². The first-order chi connectivity index (χ1) is 13.0. The third-order valence-electron chi connectivity index (χ3n) is 4.77. The Balaban J connectivity index is 1.60. The zero-order chi connectivity index (χ0) is 19.0. The second kappa shape index (κ2) is 6.82. The standard InChI is InChI=1S/C18H21N5O3S/c1-2-27(24,25)23-9-7-22(8-10-23)16-12-20-18(19)17(21-16)15-11-13-5-3-4-6-14(13)26-15/h3-6,11-12H,2,7-10H2,1H3,(H2,19,20). The Morgan fingerprint density at radius 1 is 1.19 bits per heavy atom. The maximum absolute atomic E-state index is 12.0. The van der Waals surface area contributed by atoms with E-state index in [4.69, 9.17) is 10.2 Å². The normalized spacial score (nSPS) is 16.1. The summed E-state index contributed by atoms with van der Waals surface area (Å²) in [7, 11) is -3.16. The van der Waals surface area contributed by atoms with Crippen molar-refractivity contribution in [3.8, 4) is 11.5 Å². The number of furan rings is 1. The zero-order valence-corrected chi connectivity index (χ0v) is 15.8. The Morgan fingerprint density at radius 2 is 1.93 bits per heavy atom. The minimum Gasteiger partial charge on any atom is -0.454 e. The second-order valence-corrected chi connectivity index (χ2v) is 8.65. The topological polar surface area (TPSA) is 106 Å². The molecule has 8 nitrogen and oxygen atoms in total. The Morgan fingerprint density at radius 3 is 2.63 bits per heavy atom. The molecular weight excluding hydrogens is 366 g/mol. The molecule has 0 saturated carbocycles. The van der Waals surface area contributed by atoms with Gasteiger partial charge in [0.25, 0.3) is 0 Å². The number of nitrogens with zero attached hydrogens (tertiary/aromatic N) is 4. The smallest absolute Gasteiger partial charge is 0.213 e. The molecule has 1 fully saturated rings. The van der Waals surface area contributed by atoms with Crippen molar-refractivity contribution in [1.82, 2.24) is 14.3 Å². The summed E-state index contributed by atoms with van der Waals surface area (Å²) in [5.41, 5.74) is 7.28. The van der Waals surface area contributed by atoms with Crippen molar-refractivity contribution >= 4 is 32.6 Å². The van der Waals surface area contributed by atoms with E-state index in [-0.39, 0.29) is 5.75 Å². The van der Waals surface area contributed by atoms with Crippen molar-refractivity contribution in [1.29, 1.82) is 0 Å². The number of benzene rings is 1. The SMILES string of the molecule is CCS(=O)(=O)N1CCN(c2cnc(N)c(-c3cc4ccccc4o3)n2)CC1. The maximum atomic E-state index is 12.0. The Kier molecular flexibility index (Phi) is 4.48. The predicted molar refractivity (Wildman–Crippen MR) is 105 cm³/mol. The third kappa shape index (κ3) is 3.35. The second-order valence-electron chi connectivity index (χ2n) is 6.40. The molecule has 3 aromatic rings. The Labute approximate surface area is 157 Å². The summed E-state index contributed by atoms with van der Waals surface area (Å²) >= 11 is 0. The number of hydrogen-bond donors (Lipinski definition) is 1. The molecule has 0 amide bonds. The fourth-order valence-corrected chi connectivity index (χ4v) is 4.28. The number of anilines is 2. The van der Waals surface area contributed by atoms with Gasteiger partial charge in [-0.2, -0.15) is 4.31 Å². The van der Waals surface area contributed by atoms with Gasteiger partial charge in [-0.15, -0.1) is 0 Å². The number of nitrogens with two attached hydrogens (primary N) is 1. The molecule has 9 heteroatoms. The first kappa shape index (κ1) is 17.7. The molecule has 1 saturated heterocycles. The molecule has 0 unspecified atom stereocenters. The van der Waals surface area contributed by atoms with Crippen LogP contribution in [0.3, 0.4) is 0 Å².